The quantitative estimate of drug-likeness (QED) is 0.694. The molecule has 0 saturated carbocycles. The van der Waals surface area contributed by atoms with E-state index in [0.29, 0.717) is 26.2 Å². The number of ether oxygens (including phenoxy) is 1. The first-order valence-corrected chi connectivity index (χ1v) is 5.57. The van der Waals surface area contributed by atoms with Gasteiger partial charge in [0.15, 0.2) is 0 Å². The highest BCUT2D eigenvalue weighted by Crippen LogP contribution is 2.14. The second kappa shape index (κ2) is 7.24. The Morgan fingerprint density at radius 2 is 2.13 bits per heavy atom. The average molecular weight is 210 g/mol. The highest BCUT2D eigenvalue weighted by Gasteiger charge is 2.20. The van der Waals surface area contributed by atoms with Gasteiger partial charge in [0, 0.05) is 32.1 Å². The SMILES string of the molecule is N#CCCCCNC(=O)C1CCOCC1. The topological polar surface area (TPSA) is 62.1 Å². The fourth-order valence-electron chi connectivity index (χ4n) is 1.64. The van der Waals surface area contributed by atoms with Gasteiger partial charge in [-0.25, -0.2) is 0 Å². The molecule has 0 aromatic rings. The van der Waals surface area contributed by atoms with Gasteiger partial charge in [0.05, 0.1) is 6.07 Å². The van der Waals surface area contributed by atoms with Crippen LogP contribution in [0.25, 0.3) is 0 Å². The zero-order valence-corrected chi connectivity index (χ0v) is 9.00. The Morgan fingerprint density at radius 1 is 1.40 bits per heavy atom. The summed E-state index contributed by atoms with van der Waals surface area (Å²) in [5.74, 6) is 0.282. The molecule has 0 bridgehead atoms. The van der Waals surface area contributed by atoms with Crippen LogP contribution in [0.3, 0.4) is 0 Å². The van der Waals surface area contributed by atoms with Gasteiger partial charge in [0.2, 0.25) is 5.91 Å². The molecule has 1 fully saturated rings. The molecule has 0 unspecified atom stereocenters. The third kappa shape index (κ3) is 4.80. The molecule has 4 nitrogen and oxygen atoms in total. The number of nitriles is 1. The van der Waals surface area contributed by atoms with Crippen LogP contribution in [0.1, 0.15) is 32.1 Å². The van der Waals surface area contributed by atoms with E-state index in [1.807, 2.05) is 0 Å². The number of hydrogen-bond donors (Lipinski definition) is 1. The van der Waals surface area contributed by atoms with Crippen molar-refractivity contribution in [3.63, 3.8) is 0 Å². The van der Waals surface area contributed by atoms with Crippen molar-refractivity contribution in [2.24, 2.45) is 5.92 Å². The predicted molar refractivity (Wildman–Crippen MR) is 56.0 cm³/mol. The molecule has 0 radical (unpaired) electrons. The molecule has 0 atom stereocenters. The van der Waals surface area contributed by atoms with E-state index in [4.69, 9.17) is 10.00 Å². The van der Waals surface area contributed by atoms with E-state index in [0.717, 1.165) is 25.7 Å². The van der Waals surface area contributed by atoms with Gasteiger partial charge in [-0.3, -0.25) is 4.79 Å². The summed E-state index contributed by atoms with van der Waals surface area (Å²) < 4.78 is 5.19. The second-order valence-corrected chi connectivity index (χ2v) is 3.79. The lowest BCUT2D eigenvalue weighted by Crippen LogP contribution is -2.34. The van der Waals surface area contributed by atoms with Crippen LogP contribution in [0.5, 0.6) is 0 Å². The summed E-state index contributed by atoms with van der Waals surface area (Å²) in [4.78, 5) is 11.6. The monoisotopic (exact) mass is 210 g/mol. The number of carbonyl (C=O) groups is 1. The molecule has 15 heavy (non-hydrogen) atoms. The molecular formula is C11H18N2O2. The minimum Gasteiger partial charge on any atom is -0.381 e. The van der Waals surface area contributed by atoms with Gasteiger partial charge in [-0.2, -0.15) is 5.26 Å². The fourth-order valence-corrected chi connectivity index (χ4v) is 1.64. The van der Waals surface area contributed by atoms with Crippen molar-refractivity contribution in [2.75, 3.05) is 19.8 Å². The normalized spacial score (nSPS) is 17.0. The van der Waals surface area contributed by atoms with Gasteiger partial charge in [-0.05, 0) is 25.7 Å². The van der Waals surface area contributed by atoms with Crippen LogP contribution in [-0.2, 0) is 9.53 Å². The minimum absolute atomic E-state index is 0.134. The molecule has 0 aromatic carbocycles. The van der Waals surface area contributed by atoms with Crippen molar-refractivity contribution in [1.82, 2.24) is 5.32 Å². The number of amides is 1. The highest BCUT2D eigenvalue weighted by atomic mass is 16.5. The zero-order chi connectivity index (χ0) is 10.9. The van der Waals surface area contributed by atoms with Gasteiger partial charge in [0.1, 0.15) is 0 Å². The number of hydrogen-bond acceptors (Lipinski definition) is 3. The van der Waals surface area contributed by atoms with Gasteiger partial charge < -0.3 is 10.1 Å². The van der Waals surface area contributed by atoms with Gasteiger partial charge in [0.25, 0.3) is 0 Å². The first kappa shape index (κ1) is 12.0. The van der Waals surface area contributed by atoms with Crippen LogP contribution >= 0.6 is 0 Å². The molecule has 0 aliphatic carbocycles. The van der Waals surface area contributed by atoms with E-state index in [1.165, 1.54) is 0 Å². The predicted octanol–water partition coefficient (Wildman–Crippen LogP) is 1.22. The molecule has 4 heteroatoms. The summed E-state index contributed by atoms with van der Waals surface area (Å²) >= 11 is 0. The Hall–Kier alpha value is -1.08. The third-order valence-electron chi connectivity index (χ3n) is 2.61. The molecular weight excluding hydrogens is 192 g/mol. The van der Waals surface area contributed by atoms with Crippen LogP contribution in [0.2, 0.25) is 0 Å². The Morgan fingerprint density at radius 3 is 2.80 bits per heavy atom. The Labute approximate surface area is 90.6 Å². The number of nitrogens with one attached hydrogen (secondary N) is 1. The van der Waals surface area contributed by atoms with Crippen molar-refractivity contribution in [3.8, 4) is 6.07 Å². The second-order valence-electron chi connectivity index (χ2n) is 3.79. The number of carbonyl (C=O) groups excluding carboxylic acids is 1. The first-order valence-electron chi connectivity index (χ1n) is 5.57. The molecule has 1 saturated heterocycles. The summed E-state index contributed by atoms with van der Waals surface area (Å²) in [6.07, 6.45) is 4.01. The van der Waals surface area contributed by atoms with Crippen LogP contribution < -0.4 is 5.32 Å². The standard InChI is InChI=1S/C11H18N2O2/c12-6-2-1-3-7-13-11(14)10-4-8-15-9-5-10/h10H,1-5,7-9H2,(H,13,14). The summed E-state index contributed by atoms with van der Waals surface area (Å²) in [5, 5.41) is 11.2. The molecule has 1 amide bonds. The molecule has 0 spiro atoms. The molecule has 84 valence electrons. The lowest BCUT2D eigenvalue weighted by Gasteiger charge is -2.21. The largest absolute Gasteiger partial charge is 0.381 e. The van der Waals surface area contributed by atoms with E-state index in [1.54, 1.807) is 0 Å². The van der Waals surface area contributed by atoms with Crippen molar-refractivity contribution in [1.29, 1.82) is 5.26 Å². The van der Waals surface area contributed by atoms with Gasteiger partial charge in [-0.15, -0.1) is 0 Å². The van der Waals surface area contributed by atoms with Crippen LogP contribution in [0.4, 0.5) is 0 Å². The van der Waals surface area contributed by atoms with Crippen molar-refractivity contribution >= 4 is 5.91 Å². The maximum atomic E-state index is 11.6. The zero-order valence-electron chi connectivity index (χ0n) is 9.00. The van der Waals surface area contributed by atoms with E-state index in [2.05, 4.69) is 11.4 Å². The van der Waals surface area contributed by atoms with Crippen LogP contribution in [0.15, 0.2) is 0 Å². The van der Waals surface area contributed by atoms with E-state index < -0.39 is 0 Å². The smallest absolute Gasteiger partial charge is 0.223 e. The molecule has 1 heterocycles. The Kier molecular flexibility index (Phi) is 5.79. The maximum Gasteiger partial charge on any atom is 0.223 e. The Bertz CT molecular complexity index is 229. The molecule has 1 rings (SSSR count). The first-order chi connectivity index (χ1) is 7.34. The number of rotatable bonds is 5. The third-order valence-corrected chi connectivity index (χ3v) is 2.61. The summed E-state index contributed by atoms with van der Waals surface area (Å²) in [6, 6.07) is 2.09. The van der Waals surface area contributed by atoms with Gasteiger partial charge in [-0.1, -0.05) is 0 Å². The van der Waals surface area contributed by atoms with Crippen LogP contribution in [0, 0.1) is 17.2 Å². The summed E-state index contributed by atoms with van der Waals surface area (Å²) in [5.41, 5.74) is 0. The maximum absolute atomic E-state index is 11.6. The number of unbranched alkanes of at least 4 members (excludes halogenated alkanes) is 2. The lowest BCUT2D eigenvalue weighted by atomic mass is 9.99. The molecule has 1 aliphatic rings. The van der Waals surface area contributed by atoms with E-state index in [9.17, 15) is 4.79 Å². The molecule has 1 aliphatic heterocycles. The van der Waals surface area contributed by atoms with Crippen molar-refractivity contribution in [3.05, 3.63) is 0 Å². The molecule has 1 N–H and O–H groups in total. The lowest BCUT2D eigenvalue weighted by molar-refractivity contribution is -0.127. The average Bonchev–Trinajstić information content (AvgIpc) is 2.30. The van der Waals surface area contributed by atoms with Crippen molar-refractivity contribution < 1.29 is 9.53 Å². The minimum atomic E-state index is 0.134. The van der Waals surface area contributed by atoms with Crippen molar-refractivity contribution in [2.45, 2.75) is 32.1 Å². The van der Waals surface area contributed by atoms with E-state index >= 15 is 0 Å². The van der Waals surface area contributed by atoms with Crippen LogP contribution in [-0.4, -0.2) is 25.7 Å². The summed E-state index contributed by atoms with van der Waals surface area (Å²) in [7, 11) is 0. The molecule has 0 aromatic heterocycles. The highest BCUT2D eigenvalue weighted by molar-refractivity contribution is 5.78. The fraction of sp³-hybridized carbons (Fsp3) is 0.818. The Balaban J connectivity index is 2.05. The van der Waals surface area contributed by atoms with E-state index in [-0.39, 0.29) is 11.8 Å². The van der Waals surface area contributed by atoms with Gasteiger partial charge >= 0.3 is 0 Å². The number of nitrogens with zero attached hydrogens (tertiary/aromatic N) is 1. The summed E-state index contributed by atoms with van der Waals surface area (Å²) in [6.45, 7) is 2.09.